The number of aldehydes is 1. The quantitative estimate of drug-likeness (QED) is 0.712. The number of pyridine rings is 1. The number of carbonyl (C=O) groups is 1. The summed E-state index contributed by atoms with van der Waals surface area (Å²) in [6, 6.07) is 5.14. The molecule has 18 heavy (non-hydrogen) atoms. The predicted octanol–water partition coefficient (Wildman–Crippen LogP) is 4.65. The second kappa shape index (κ2) is 4.52. The Balaban J connectivity index is 2.88. The van der Waals surface area contributed by atoms with Crippen LogP contribution in [0.1, 0.15) is 36.8 Å². The average Bonchev–Trinajstić information content (AvgIpc) is 2.25. The lowest BCUT2D eigenvalue weighted by Gasteiger charge is -2.19. The normalized spacial score (nSPS) is 11.8. The maximum absolute atomic E-state index is 11.2. The highest BCUT2D eigenvalue weighted by atomic mass is 35.5. The van der Waals surface area contributed by atoms with Crippen LogP contribution < -0.4 is 0 Å². The molecule has 1 heterocycles. The van der Waals surface area contributed by atoms with Gasteiger partial charge < -0.3 is 0 Å². The molecule has 0 unspecified atom stereocenters. The second-order valence-corrected chi connectivity index (χ2v) is 6.09. The highest BCUT2D eigenvalue weighted by Crippen LogP contribution is 2.32. The van der Waals surface area contributed by atoms with Crippen LogP contribution in [-0.4, -0.2) is 11.3 Å². The van der Waals surface area contributed by atoms with Crippen molar-refractivity contribution in [3.05, 3.63) is 39.5 Å². The van der Waals surface area contributed by atoms with Crippen molar-refractivity contribution in [2.24, 2.45) is 0 Å². The lowest BCUT2D eigenvalue weighted by Crippen LogP contribution is -2.14. The fourth-order valence-corrected chi connectivity index (χ4v) is 2.38. The molecule has 2 nitrogen and oxygen atoms in total. The lowest BCUT2D eigenvalue weighted by atomic mass is 9.90. The first kappa shape index (κ1) is 13.3. The summed E-state index contributed by atoms with van der Waals surface area (Å²) in [6.07, 6.45) is 0.805. The van der Waals surface area contributed by atoms with Crippen molar-refractivity contribution in [2.45, 2.75) is 26.2 Å². The Morgan fingerprint density at radius 2 is 1.83 bits per heavy atom. The highest BCUT2D eigenvalue weighted by molar-refractivity contribution is 6.39. The van der Waals surface area contributed by atoms with Gasteiger partial charge in [0.25, 0.3) is 0 Å². The summed E-state index contributed by atoms with van der Waals surface area (Å²) >= 11 is 12.1. The molecule has 4 heteroatoms. The van der Waals surface area contributed by atoms with Crippen LogP contribution in [0.25, 0.3) is 10.9 Å². The van der Waals surface area contributed by atoms with E-state index in [0.29, 0.717) is 26.5 Å². The number of hydrogen-bond donors (Lipinski definition) is 0. The van der Waals surface area contributed by atoms with Crippen LogP contribution in [0, 0.1) is 0 Å². The van der Waals surface area contributed by atoms with Gasteiger partial charge in [-0.2, -0.15) is 0 Å². The van der Waals surface area contributed by atoms with Gasteiger partial charge in [0.05, 0.1) is 10.5 Å². The third-order valence-corrected chi connectivity index (χ3v) is 3.27. The Hall–Kier alpha value is -1.12. The molecule has 0 N–H and O–H groups in total. The molecule has 1 aromatic carbocycles. The number of aromatic nitrogens is 1. The van der Waals surface area contributed by atoms with E-state index in [1.165, 1.54) is 0 Å². The van der Waals surface area contributed by atoms with E-state index in [1.54, 1.807) is 18.2 Å². The predicted molar refractivity (Wildman–Crippen MR) is 75.9 cm³/mol. The maximum Gasteiger partial charge on any atom is 0.150 e. The summed E-state index contributed by atoms with van der Waals surface area (Å²) in [5.41, 5.74) is 1.91. The standard InChI is InChI=1S/C14H13Cl2NO/c1-14(2,3)12-4-8(7-18)13-10(16)5-9(15)6-11(13)17-12/h4-7H,1-3H3. The van der Waals surface area contributed by atoms with Gasteiger partial charge in [0.15, 0.2) is 6.29 Å². The summed E-state index contributed by atoms with van der Waals surface area (Å²) in [4.78, 5) is 15.8. The SMILES string of the molecule is CC(C)(C)c1cc(C=O)c2c(Cl)cc(Cl)cc2n1. The summed E-state index contributed by atoms with van der Waals surface area (Å²) in [6.45, 7) is 6.13. The lowest BCUT2D eigenvalue weighted by molar-refractivity contribution is 0.112. The Bertz CT molecular complexity index is 630. The van der Waals surface area contributed by atoms with E-state index in [-0.39, 0.29) is 5.41 Å². The molecule has 0 atom stereocenters. The molecule has 0 aliphatic heterocycles. The van der Waals surface area contributed by atoms with E-state index in [9.17, 15) is 4.79 Å². The molecule has 0 aliphatic carbocycles. The Labute approximate surface area is 116 Å². The number of fused-ring (bicyclic) bond motifs is 1. The van der Waals surface area contributed by atoms with Crippen molar-refractivity contribution in [3.8, 4) is 0 Å². The topological polar surface area (TPSA) is 30.0 Å². The minimum atomic E-state index is -0.138. The summed E-state index contributed by atoms with van der Waals surface area (Å²) in [5, 5.41) is 1.62. The summed E-state index contributed by atoms with van der Waals surface area (Å²) < 4.78 is 0. The Kier molecular flexibility index (Phi) is 3.35. The van der Waals surface area contributed by atoms with Gasteiger partial charge in [0.1, 0.15) is 0 Å². The van der Waals surface area contributed by atoms with Gasteiger partial charge >= 0.3 is 0 Å². The van der Waals surface area contributed by atoms with Gasteiger partial charge in [0, 0.05) is 27.1 Å². The Morgan fingerprint density at radius 1 is 1.17 bits per heavy atom. The second-order valence-electron chi connectivity index (χ2n) is 5.25. The van der Waals surface area contributed by atoms with Gasteiger partial charge in [-0.1, -0.05) is 44.0 Å². The van der Waals surface area contributed by atoms with E-state index in [1.807, 2.05) is 20.8 Å². The summed E-state index contributed by atoms with van der Waals surface area (Å²) in [5.74, 6) is 0. The van der Waals surface area contributed by atoms with E-state index in [0.717, 1.165) is 12.0 Å². The molecule has 0 saturated heterocycles. The molecule has 2 aromatic rings. The molecular weight excluding hydrogens is 269 g/mol. The molecule has 0 bridgehead atoms. The van der Waals surface area contributed by atoms with Gasteiger partial charge in [-0.3, -0.25) is 9.78 Å². The molecule has 0 radical (unpaired) electrons. The van der Waals surface area contributed by atoms with Crippen molar-refractivity contribution in [3.63, 3.8) is 0 Å². The van der Waals surface area contributed by atoms with Gasteiger partial charge in [0.2, 0.25) is 0 Å². The number of rotatable bonds is 1. The molecular formula is C14H13Cl2NO. The molecule has 0 aliphatic rings. The first-order valence-corrected chi connectivity index (χ1v) is 6.34. The van der Waals surface area contributed by atoms with Gasteiger partial charge in [-0.15, -0.1) is 0 Å². The zero-order chi connectivity index (χ0) is 13.5. The van der Waals surface area contributed by atoms with E-state index in [4.69, 9.17) is 23.2 Å². The third kappa shape index (κ3) is 2.36. The van der Waals surface area contributed by atoms with Crippen LogP contribution in [0.4, 0.5) is 0 Å². The van der Waals surface area contributed by atoms with Crippen molar-refractivity contribution >= 4 is 40.4 Å². The molecule has 0 saturated carbocycles. The fraction of sp³-hybridized carbons (Fsp3) is 0.286. The molecule has 2 rings (SSSR count). The molecule has 0 fully saturated rings. The Morgan fingerprint density at radius 3 is 2.39 bits per heavy atom. The van der Waals surface area contributed by atoms with Crippen LogP contribution in [0.3, 0.4) is 0 Å². The van der Waals surface area contributed by atoms with Crippen LogP contribution in [0.15, 0.2) is 18.2 Å². The number of hydrogen-bond acceptors (Lipinski definition) is 2. The first-order valence-electron chi connectivity index (χ1n) is 5.58. The van der Waals surface area contributed by atoms with Crippen molar-refractivity contribution in [1.29, 1.82) is 0 Å². The summed E-state index contributed by atoms with van der Waals surface area (Å²) in [7, 11) is 0. The molecule has 0 spiro atoms. The zero-order valence-corrected chi connectivity index (χ0v) is 11.9. The monoisotopic (exact) mass is 281 g/mol. The molecule has 1 aromatic heterocycles. The van der Waals surface area contributed by atoms with Gasteiger partial charge in [-0.05, 0) is 18.2 Å². The number of benzene rings is 1. The first-order chi connectivity index (χ1) is 8.32. The maximum atomic E-state index is 11.2. The number of carbonyl (C=O) groups excluding carboxylic acids is 1. The molecule has 0 amide bonds. The van der Waals surface area contributed by atoms with Gasteiger partial charge in [-0.25, -0.2) is 0 Å². The average molecular weight is 282 g/mol. The van der Waals surface area contributed by atoms with Crippen molar-refractivity contribution < 1.29 is 4.79 Å². The van der Waals surface area contributed by atoms with E-state index < -0.39 is 0 Å². The van der Waals surface area contributed by atoms with Crippen LogP contribution in [0.2, 0.25) is 10.0 Å². The zero-order valence-electron chi connectivity index (χ0n) is 10.4. The minimum Gasteiger partial charge on any atom is -0.298 e. The van der Waals surface area contributed by atoms with E-state index >= 15 is 0 Å². The minimum absolute atomic E-state index is 0.138. The van der Waals surface area contributed by atoms with Crippen LogP contribution in [-0.2, 0) is 5.41 Å². The van der Waals surface area contributed by atoms with E-state index in [2.05, 4.69) is 4.98 Å². The third-order valence-electron chi connectivity index (χ3n) is 2.75. The fourth-order valence-electron chi connectivity index (χ4n) is 1.79. The number of nitrogens with zero attached hydrogens (tertiary/aromatic N) is 1. The smallest absolute Gasteiger partial charge is 0.150 e. The molecule has 94 valence electrons. The van der Waals surface area contributed by atoms with Crippen LogP contribution in [0.5, 0.6) is 0 Å². The van der Waals surface area contributed by atoms with Crippen molar-refractivity contribution in [2.75, 3.05) is 0 Å². The van der Waals surface area contributed by atoms with Crippen molar-refractivity contribution in [1.82, 2.24) is 4.98 Å². The number of halogens is 2. The highest BCUT2D eigenvalue weighted by Gasteiger charge is 2.19. The largest absolute Gasteiger partial charge is 0.298 e. The van der Waals surface area contributed by atoms with Crippen LogP contribution >= 0.6 is 23.2 Å².